The number of rotatable bonds is 3. The van der Waals surface area contributed by atoms with Gasteiger partial charge in [-0.05, 0) is 12.5 Å². The molecule has 0 spiro atoms. The molecule has 1 aromatic rings. The third-order valence-corrected chi connectivity index (χ3v) is 1.96. The van der Waals surface area contributed by atoms with Gasteiger partial charge in [-0.1, -0.05) is 12.8 Å². The Kier molecular flexibility index (Phi) is 3.69. The molecule has 1 aromatic heterocycles. The Balaban J connectivity index is 2.74. The molecule has 1 unspecified atom stereocenters. The second-order valence-corrected chi connectivity index (χ2v) is 3.04. The van der Waals surface area contributed by atoms with Gasteiger partial charge in [0.05, 0.1) is 11.6 Å². The maximum atomic E-state index is 11.6. The summed E-state index contributed by atoms with van der Waals surface area (Å²) < 4.78 is 0. The molecule has 0 bridgehead atoms. The van der Waals surface area contributed by atoms with E-state index in [0.29, 0.717) is 12.0 Å². The molecule has 0 aliphatic heterocycles. The molecular weight excluding hydrogens is 192 g/mol. The summed E-state index contributed by atoms with van der Waals surface area (Å²) in [7, 11) is 0. The van der Waals surface area contributed by atoms with E-state index in [9.17, 15) is 9.59 Å². The van der Waals surface area contributed by atoms with Gasteiger partial charge in [0, 0.05) is 12.3 Å². The van der Waals surface area contributed by atoms with E-state index in [1.165, 1.54) is 18.3 Å². The van der Waals surface area contributed by atoms with E-state index >= 15 is 0 Å². The summed E-state index contributed by atoms with van der Waals surface area (Å²) in [6, 6.07) is 2.48. The lowest BCUT2D eigenvalue weighted by atomic mass is 10.2. The average molecular weight is 204 g/mol. The number of hydrogen-bond donors (Lipinski definition) is 2. The van der Waals surface area contributed by atoms with Gasteiger partial charge in [0.15, 0.2) is 0 Å². The van der Waals surface area contributed by atoms with Crippen LogP contribution in [0.5, 0.6) is 0 Å². The van der Waals surface area contributed by atoms with Crippen molar-refractivity contribution in [3.05, 3.63) is 34.2 Å². The van der Waals surface area contributed by atoms with Crippen molar-refractivity contribution in [3.8, 4) is 12.3 Å². The number of carbonyl (C=O) groups excluding carboxylic acids is 1. The Morgan fingerprint density at radius 2 is 2.40 bits per heavy atom. The number of H-pyrrole nitrogens is 1. The monoisotopic (exact) mass is 204 g/mol. The molecule has 15 heavy (non-hydrogen) atoms. The molecule has 1 rings (SSSR count). The van der Waals surface area contributed by atoms with Crippen LogP contribution in [0.25, 0.3) is 0 Å². The lowest BCUT2D eigenvalue weighted by molar-refractivity contribution is 0.0944. The van der Waals surface area contributed by atoms with E-state index in [1.807, 2.05) is 6.92 Å². The molecule has 0 saturated carbocycles. The van der Waals surface area contributed by atoms with Crippen LogP contribution in [0.15, 0.2) is 23.1 Å². The van der Waals surface area contributed by atoms with Crippen LogP contribution >= 0.6 is 0 Å². The van der Waals surface area contributed by atoms with Crippen molar-refractivity contribution in [3.63, 3.8) is 0 Å². The first-order chi connectivity index (χ1) is 7.17. The Hall–Kier alpha value is -2.02. The fraction of sp³-hybridized carbons (Fsp3) is 0.273. The van der Waals surface area contributed by atoms with Gasteiger partial charge in [0.2, 0.25) is 5.56 Å². The predicted octanol–water partition coefficient (Wildman–Crippen LogP) is 0.516. The van der Waals surface area contributed by atoms with E-state index in [-0.39, 0.29) is 17.5 Å². The van der Waals surface area contributed by atoms with Crippen LogP contribution in [0.1, 0.15) is 23.7 Å². The number of nitrogens with one attached hydrogen (secondary N) is 2. The highest BCUT2D eigenvalue weighted by atomic mass is 16.1. The molecule has 0 radical (unpaired) electrons. The lowest BCUT2D eigenvalue weighted by Gasteiger charge is -2.09. The first-order valence-corrected chi connectivity index (χ1v) is 4.63. The normalized spacial score (nSPS) is 11.5. The van der Waals surface area contributed by atoms with Gasteiger partial charge in [0.1, 0.15) is 0 Å². The van der Waals surface area contributed by atoms with Crippen molar-refractivity contribution in [2.45, 2.75) is 19.4 Å². The van der Waals surface area contributed by atoms with Gasteiger partial charge in [0.25, 0.3) is 5.91 Å². The summed E-state index contributed by atoms with van der Waals surface area (Å²) in [6.07, 6.45) is 7.25. The van der Waals surface area contributed by atoms with Crippen molar-refractivity contribution in [1.82, 2.24) is 10.3 Å². The highest BCUT2D eigenvalue weighted by Gasteiger charge is 2.09. The van der Waals surface area contributed by atoms with Crippen LogP contribution < -0.4 is 10.9 Å². The second kappa shape index (κ2) is 5.01. The molecular formula is C11H12N2O2. The zero-order chi connectivity index (χ0) is 11.3. The fourth-order valence-corrected chi connectivity index (χ4v) is 1.05. The van der Waals surface area contributed by atoms with E-state index in [0.717, 1.165) is 0 Å². The summed E-state index contributed by atoms with van der Waals surface area (Å²) in [5.74, 6) is 2.18. The van der Waals surface area contributed by atoms with Crippen molar-refractivity contribution in [2.75, 3.05) is 0 Å². The SMILES string of the molecule is C#CC(CC)NC(=O)c1ccc(=O)[nH]c1. The van der Waals surface area contributed by atoms with Crippen molar-refractivity contribution >= 4 is 5.91 Å². The van der Waals surface area contributed by atoms with Crippen LogP contribution in [-0.4, -0.2) is 16.9 Å². The molecule has 1 atom stereocenters. The number of amides is 1. The zero-order valence-corrected chi connectivity index (χ0v) is 8.41. The van der Waals surface area contributed by atoms with Crippen LogP contribution in [-0.2, 0) is 0 Å². The molecule has 78 valence electrons. The minimum absolute atomic E-state index is 0.240. The van der Waals surface area contributed by atoms with Crippen LogP contribution in [0.3, 0.4) is 0 Å². The average Bonchev–Trinajstić information content (AvgIpc) is 2.26. The van der Waals surface area contributed by atoms with Crippen molar-refractivity contribution in [2.24, 2.45) is 0 Å². The summed E-state index contributed by atoms with van der Waals surface area (Å²) in [5.41, 5.74) is 0.152. The Bertz CT molecular complexity index is 422. The fourth-order valence-electron chi connectivity index (χ4n) is 1.05. The Morgan fingerprint density at radius 1 is 1.67 bits per heavy atom. The van der Waals surface area contributed by atoms with Crippen molar-refractivity contribution in [1.29, 1.82) is 0 Å². The van der Waals surface area contributed by atoms with Gasteiger partial charge in [-0.3, -0.25) is 9.59 Å². The Morgan fingerprint density at radius 3 is 2.87 bits per heavy atom. The molecule has 1 heterocycles. The summed E-state index contributed by atoms with van der Waals surface area (Å²) in [4.78, 5) is 24.7. The molecule has 0 aromatic carbocycles. The van der Waals surface area contributed by atoms with Gasteiger partial charge in [-0.15, -0.1) is 6.42 Å². The van der Waals surface area contributed by atoms with Gasteiger partial charge < -0.3 is 10.3 Å². The molecule has 4 heteroatoms. The predicted molar refractivity (Wildman–Crippen MR) is 57.4 cm³/mol. The topological polar surface area (TPSA) is 62.0 Å². The lowest BCUT2D eigenvalue weighted by Crippen LogP contribution is -2.33. The molecule has 0 aliphatic carbocycles. The second-order valence-electron chi connectivity index (χ2n) is 3.04. The van der Waals surface area contributed by atoms with E-state index in [4.69, 9.17) is 6.42 Å². The third kappa shape index (κ3) is 2.99. The number of pyridine rings is 1. The van der Waals surface area contributed by atoms with Crippen LogP contribution in [0, 0.1) is 12.3 Å². The maximum Gasteiger partial charge on any atom is 0.253 e. The third-order valence-electron chi connectivity index (χ3n) is 1.96. The molecule has 2 N–H and O–H groups in total. The molecule has 0 fully saturated rings. The number of aromatic amines is 1. The molecule has 0 aliphatic rings. The number of aromatic nitrogens is 1. The highest BCUT2D eigenvalue weighted by Crippen LogP contribution is 1.96. The molecule has 1 amide bonds. The van der Waals surface area contributed by atoms with Gasteiger partial charge >= 0.3 is 0 Å². The number of terminal acetylenes is 1. The smallest absolute Gasteiger partial charge is 0.253 e. The first-order valence-electron chi connectivity index (χ1n) is 4.63. The van der Waals surface area contributed by atoms with E-state index in [1.54, 1.807) is 0 Å². The summed E-state index contributed by atoms with van der Waals surface area (Å²) in [5, 5.41) is 2.66. The number of carbonyl (C=O) groups is 1. The number of hydrogen-bond acceptors (Lipinski definition) is 2. The first kappa shape index (κ1) is 11.1. The standard InChI is InChI=1S/C11H12N2O2/c1-3-9(4-2)13-11(15)8-5-6-10(14)12-7-8/h1,5-7,9H,4H2,2H3,(H,12,14)(H,13,15). The molecule has 0 saturated heterocycles. The van der Waals surface area contributed by atoms with Crippen molar-refractivity contribution < 1.29 is 4.79 Å². The minimum Gasteiger partial charge on any atom is -0.338 e. The van der Waals surface area contributed by atoms with Gasteiger partial charge in [-0.2, -0.15) is 0 Å². The van der Waals surface area contributed by atoms with Crippen LogP contribution in [0.2, 0.25) is 0 Å². The van der Waals surface area contributed by atoms with Crippen LogP contribution in [0.4, 0.5) is 0 Å². The Labute approximate surface area is 87.7 Å². The molecule has 4 nitrogen and oxygen atoms in total. The zero-order valence-electron chi connectivity index (χ0n) is 8.41. The summed E-state index contributed by atoms with van der Waals surface area (Å²) in [6.45, 7) is 1.89. The maximum absolute atomic E-state index is 11.6. The highest BCUT2D eigenvalue weighted by molar-refractivity contribution is 5.94. The van der Waals surface area contributed by atoms with Gasteiger partial charge in [-0.25, -0.2) is 0 Å². The van der Waals surface area contributed by atoms with E-state index < -0.39 is 0 Å². The minimum atomic E-state index is -0.281. The summed E-state index contributed by atoms with van der Waals surface area (Å²) >= 11 is 0. The largest absolute Gasteiger partial charge is 0.338 e. The van der Waals surface area contributed by atoms with E-state index in [2.05, 4.69) is 16.2 Å². The quantitative estimate of drug-likeness (QED) is 0.705.